The summed E-state index contributed by atoms with van der Waals surface area (Å²) in [5, 5.41) is 11.1. The molecule has 0 bridgehead atoms. The number of halogens is 3. The number of ether oxygens (including phenoxy) is 1. The summed E-state index contributed by atoms with van der Waals surface area (Å²) in [6.07, 6.45) is 1.49. The SMILES string of the molecule is CCOC(=O)C1=C(C)N=c2s/c(=C\c3cc(Cl)cc(Cl)c3O)c(=O)n2[C@@H]1c1ccccc1Cl. The number of phenols is 1. The van der Waals surface area contributed by atoms with Crippen LogP contribution in [-0.2, 0) is 9.53 Å². The molecule has 6 nitrogen and oxygen atoms in total. The maximum absolute atomic E-state index is 13.5. The molecule has 0 amide bonds. The molecule has 0 spiro atoms. The number of aromatic hydroxyl groups is 1. The van der Waals surface area contributed by atoms with Crippen LogP contribution in [0.2, 0.25) is 15.1 Å². The molecule has 0 fully saturated rings. The monoisotopic (exact) mass is 522 g/mol. The second-order valence-electron chi connectivity index (χ2n) is 7.15. The highest BCUT2D eigenvalue weighted by molar-refractivity contribution is 7.07. The normalized spacial score (nSPS) is 15.9. The smallest absolute Gasteiger partial charge is 0.338 e. The number of nitrogens with zero attached hydrogens (tertiary/aromatic N) is 2. The minimum Gasteiger partial charge on any atom is -0.506 e. The van der Waals surface area contributed by atoms with E-state index in [-0.39, 0.29) is 33.0 Å². The van der Waals surface area contributed by atoms with Gasteiger partial charge in [0, 0.05) is 15.6 Å². The van der Waals surface area contributed by atoms with Crippen molar-refractivity contribution in [3.05, 3.63) is 93.6 Å². The van der Waals surface area contributed by atoms with E-state index < -0.39 is 17.6 Å². The topological polar surface area (TPSA) is 80.9 Å². The van der Waals surface area contributed by atoms with Crippen molar-refractivity contribution >= 4 is 58.2 Å². The van der Waals surface area contributed by atoms with Crippen molar-refractivity contribution in [2.24, 2.45) is 4.99 Å². The Bertz CT molecular complexity index is 1490. The number of carbonyl (C=O) groups is 1. The van der Waals surface area contributed by atoms with E-state index in [9.17, 15) is 14.7 Å². The van der Waals surface area contributed by atoms with Crippen LogP contribution in [0.1, 0.15) is 31.0 Å². The zero-order valence-corrected chi connectivity index (χ0v) is 20.5. The Morgan fingerprint density at radius 3 is 2.67 bits per heavy atom. The Morgan fingerprint density at radius 1 is 1.24 bits per heavy atom. The van der Waals surface area contributed by atoms with Crippen LogP contribution in [0, 0.1) is 0 Å². The zero-order chi connectivity index (χ0) is 23.9. The van der Waals surface area contributed by atoms with Crippen molar-refractivity contribution in [3.63, 3.8) is 0 Å². The predicted octanol–water partition coefficient (Wildman–Crippen LogP) is 4.46. The van der Waals surface area contributed by atoms with Gasteiger partial charge in [0.25, 0.3) is 5.56 Å². The number of aromatic nitrogens is 1. The van der Waals surface area contributed by atoms with Crippen LogP contribution in [0.5, 0.6) is 5.75 Å². The maximum atomic E-state index is 13.5. The van der Waals surface area contributed by atoms with Gasteiger partial charge < -0.3 is 9.84 Å². The molecule has 2 heterocycles. The summed E-state index contributed by atoms with van der Waals surface area (Å²) in [5.74, 6) is -0.768. The number of carbonyl (C=O) groups excluding carboxylic acids is 1. The standard InChI is InChI=1S/C23H17Cl3N2O4S/c1-3-32-22(31)18-11(2)27-23-28(19(18)14-6-4-5-7-15(14)25)21(30)17(33-23)9-12-8-13(24)10-16(26)20(12)29/h4-10,19,29H,3H2,1-2H3/b17-9-/t19-/m1/s1. The third-order valence-electron chi connectivity index (χ3n) is 5.06. The van der Waals surface area contributed by atoms with Crippen LogP contribution in [0.3, 0.4) is 0 Å². The van der Waals surface area contributed by atoms with Gasteiger partial charge in [0.1, 0.15) is 11.8 Å². The number of allylic oxidation sites excluding steroid dienone is 1. The lowest BCUT2D eigenvalue weighted by molar-refractivity contribution is -0.139. The predicted molar refractivity (Wildman–Crippen MR) is 130 cm³/mol. The molecular formula is C23H17Cl3N2O4S. The Labute approximate surface area is 207 Å². The highest BCUT2D eigenvalue weighted by Gasteiger charge is 2.34. The number of fused-ring (bicyclic) bond motifs is 1. The number of hydrogen-bond donors (Lipinski definition) is 1. The number of thiazole rings is 1. The molecular weight excluding hydrogens is 507 g/mol. The molecule has 1 aliphatic rings. The van der Waals surface area contributed by atoms with E-state index in [0.29, 0.717) is 26.1 Å². The number of rotatable bonds is 4. The highest BCUT2D eigenvalue weighted by Crippen LogP contribution is 2.35. The fraction of sp³-hybridized carbons (Fsp3) is 0.174. The van der Waals surface area contributed by atoms with Crippen LogP contribution in [0.25, 0.3) is 6.08 Å². The van der Waals surface area contributed by atoms with E-state index in [4.69, 9.17) is 39.5 Å². The fourth-order valence-electron chi connectivity index (χ4n) is 3.62. The second-order valence-corrected chi connectivity index (χ2v) is 9.41. The van der Waals surface area contributed by atoms with E-state index in [1.807, 2.05) is 0 Å². The molecule has 2 aromatic carbocycles. The zero-order valence-electron chi connectivity index (χ0n) is 17.4. The Hall–Kier alpha value is -2.58. The second kappa shape index (κ2) is 9.35. The lowest BCUT2D eigenvalue weighted by Crippen LogP contribution is -2.40. The first-order valence-corrected chi connectivity index (χ1v) is 11.8. The average Bonchev–Trinajstić information content (AvgIpc) is 3.06. The molecule has 0 saturated heterocycles. The highest BCUT2D eigenvalue weighted by atomic mass is 35.5. The first-order chi connectivity index (χ1) is 15.7. The van der Waals surface area contributed by atoms with Crippen LogP contribution in [0.4, 0.5) is 0 Å². The van der Waals surface area contributed by atoms with Gasteiger partial charge in [-0.1, -0.05) is 64.3 Å². The van der Waals surface area contributed by atoms with Crippen molar-refractivity contribution in [3.8, 4) is 5.75 Å². The van der Waals surface area contributed by atoms with Crippen molar-refractivity contribution in [1.82, 2.24) is 4.57 Å². The van der Waals surface area contributed by atoms with E-state index in [2.05, 4.69) is 4.99 Å². The van der Waals surface area contributed by atoms with Crippen LogP contribution in [0.15, 0.2) is 57.5 Å². The number of esters is 1. The molecule has 0 unspecified atom stereocenters. The quantitative estimate of drug-likeness (QED) is 0.512. The summed E-state index contributed by atoms with van der Waals surface area (Å²) in [4.78, 5) is 31.3. The molecule has 4 rings (SSSR count). The summed E-state index contributed by atoms with van der Waals surface area (Å²) >= 11 is 19.7. The summed E-state index contributed by atoms with van der Waals surface area (Å²) < 4.78 is 6.95. The molecule has 170 valence electrons. The maximum Gasteiger partial charge on any atom is 0.338 e. The van der Waals surface area contributed by atoms with Crippen LogP contribution in [-0.4, -0.2) is 22.2 Å². The Kier molecular flexibility index (Phi) is 6.68. The largest absolute Gasteiger partial charge is 0.506 e. The molecule has 1 atom stereocenters. The number of benzene rings is 2. The fourth-order valence-corrected chi connectivity index (χ4v) is 5.41. The average molecular weight is 524 g/mol. The van der Waals surface area contributed by atoms with Crippen LogP contribution >= 0.6 is 46.1 Å². The molecule has 1 aromatic heterocycles. The summed E-state index contributed by atoms with van der Waals surface area (Å²) in [6.45, 7) is 3.57. The van der Waals surface area contributed by atoms with E-state index in [1.165, 1.54) is 22.8 Å². The van der Waals surface area contributed by atoms with Crippen molar-refractivity contribution in [2.75, 3.05) is 6.61 Å². The van der Waals surface area contributed by atoms with Crippen molar-refractivity contribution in [2.45, 2.75) is 19.9 Å². The van der Waals surface area contributed by atoms with Gasteiger partial charge >= 0.3 is 5.97 Å². The molecule has 10 heteroatoms. The van der Waals surface area contributed by atoms with Crippen molar-refractivity contribution < 1.29 is 14.6 Å². The minimum atomic E-state index is -0.826. The molecule has 3 aromatic rings. The number of phenolic OH excluding ortho intramolecular Hbond substituents is 1. The van der Waals surface area contributed by atoms with Gasteiger partial charge in [0.2, 0.25) is 0 Å². The lowest BCUT2D eigenvalue weighted by Gasteiger charge is -2.25. The van der Waals surface area contributed by atoms with Gasteiger partial charge in [-0.25, -0.2) is 9.79 Å². The summed E-state index contributed by atoms with van der Waals surface area (Å²) in [6, 6.07) is 9.07. The Morgan fingerprint density at radius 2 is 1.97 bits per heavy atom. The molecule has 1 aliphatic heterocycles. The molecule has 0 radical (unpaired) electrons. The molecule has 33 heavy (non-hydrogen) atoms. The first kappa shape index (κ1) is 23.6. The van der Waals surface area contributed by atoms with Gasteiger partial charge in [0.05, 0.1) is 27.4 Å². The van der Waals surface area contributed by atoms with Gasteiger partial charge in [0.15, 0.2) is 4.80 Å². The third-order valence-corrected chi connectivity index (χ3v) is 6.89. The number of hydrogen-bond acceptors (Lipinski definition) is 6. The van der Waals surface area contributed by atoms with E-state index in [0.717, 1.165) is 11.3 Å². The first-order valence-electron chi connectivity index (χ1n) is 9.85. The summed E-state index contributed by atoms with van der Waals surface area (Å²) in [7, 11) is 0. The van der Waals surface area contributed by atoms with Crippen LogP contribution < -0.4 is 14.9 Å². The van der Waals surface area contributed by atoms with E-state index in [1.54, 1.807) is 38.1 Å². The third kappa shape index (κ3) is 4.34. The minimum absolute atomic E-state index is 0.0657. The molecule has 1 N–H and O–H groups in total. The molecule has 0 saturated carbocycles. The van der Waals surface area contributed by atoms with Gasteiger partial charge in [-0.3, -0.25) is 9.36 Å². The van der Waals surface area contributed by atoms with Crippen molar-refractivity contribution in [1.29, 1.82) is 0 Å². The van der Waals surface area contributed by atoms with Gasteiger partial charge in [-0.15, -0.1) is 0 Å². The van der Waals surface area contributed by atoms with Gasteiger partial charge in [-0.05, 0) is 43.7 Å². The lowest BCUT2D eigenvalue weighted by atomic mass is 9.96. The van der Waals surface area contributed by atoms with Gasteiger partial charge in [-0.2, -0.15) is 0 Å². The summed E-state index contributed by atoms with van der Waals surface area (Å²) in [5.41, 5.74) is 1.11. The molecule has 0 aliphatic carbocycles. The Balaban J connectivity index is 2.01. The van der Waals surface area contributed by atoms with E-state index >= 15 is 0 Å².